The van der Waals surface area contributed by atoms with Crippen molar-refractivity contribution in [3.8, 4) is 0 Å². The van der Waals surface area contributed by atoms with Crippen molar-refractivity contribution in [1.29, 1.82) is 0 Å². The Balaban J connectivity index is 2.02. The zero-order chi connectivity index (χ0) is 17.4. The number of likely N-dealkylation sites (tertiary alicyclic amines) is 1. The van der Waals surface area contributed by atoms with Crippen LogP contribution in [-0.2, 0) is 9.53 Å². The summed E-state index contributed by atoms with van der Waals surface area (Å²) in [7, 11) is 0. The highest BCUT2D eigenvalue weighted by Crippen LogP contribution is 2.41. The van der Waals surface area contributed by atoms with Crippen LogP contribution in [0.5, 0.6) is 0 Å². The van der Waals surface area contributed by atoms with E-state index < -0.39 is 0 Å². The number of amides is 1. The molecular formula is C18H24N2O3S. The number of carbonyl (C=O) groups excluding carboxylic acids is 2. The molecule has 1 aromatic heterocycles. The highest BCUT2D eigenvalue weighted by atomic mass is 32.2. The van der Waals surface area contributed by atoms with E-state index in [1.165, 1.54) is 0 Å². The number of ether oxygens (including phenoxy) is 1. The molecule has 6 heteroatoms. The second-order valence-electron chi connectivity index (χ2n) is 6.63. The number of aromatic nitrogens is 1. The van der Waals surface area contributed by atoms with E-state index in [0.717, 1.165) is 53.5 Å². The van der Waals surface area contributed by atoms with Crippen LogP contribution in [0, 0.1) is 6.92 Å². The maximum absolute atomic E-state index is 12.4. The summed E-state index contributed by atoms with van der Waals surface area (Å²) in [5.74, 6) is 0.623. The smallest absolute Gasteiger partial charge is 0.341 e. The number of thioether (sulfide) groups is 1. The van der Waals surface area contributed by atoms with E-state index in [1.807, 2.05) is 31.9 Å². The van der Waals surface area contributed by atoms with Crippen LogP contribution in [0.25, 0.3) is 5.70 Å². The van der Waals surface area contributed by atoms with Crippen LogP contribution in [0.3, 0.4) is 0 Å². The lowest BCUT2D eigenvalue weighted by Crippen LogP contribution is -2.33. The number of aryl methyl sites for hydroxylation is 1. The van der Waals surface area contributed by atoms with Crippen molar-refractivity contribution in [3.05, 3.63) is 23.0 Å². The molecule has 1 amide bonds. The molecule has 1 fully saturated rings. The van der Waals surface area contributed by atoms with Gasteiger partial charge >= 0.3 is 5.97 Å². The van der Waals surface area contributed by atoms with Crippen LogP contribution in [0.1, 0.15) is 56.0 Å². The SMILES string of the molecule is CC(=O)N1CCCCC1=C1CSc2c(C(=O)OC(C)C)c(C)cn21. The van der Waals surface area contributed by atoms with E-state index in [4.69, 9.17) is 4.74 Å². The van der Waals surface area contributed by atoms with Crippen molar-refractivity contribution in [2.24, 2.45) is 0 Å². The molecule has 0 spiro atoms. The third-order valence-corrected chi connectivity index (χ3v) is 5.51. The average molecular weight is 348 g/mol. The first kappa shape index (κ1) is 17.1. The zero-order valence-electron chi connectivity index (χ0n) is 14.7. The Labute approximate surface area is 147 Å². The minimum absolute atomic E-state index is 0.0963. The summed E-state index contributed by atoms with van der Waals surface area (Å²) < 4.78 is 7.49. The maximum Gasteiger partial charge on any atom is 0.341 e. The lowest BCUT2D eigenvalue weighted by Gasteiger charge is -2.30. The number of nitrogens with zero attached hydrogens (tertiary/aromatic N) is 2. The van der Waals surface area contributed by atoms with Gasteiger partial charge in [-0.1, -0.05) is 0 Å². The van der Waals surface area contributed by atoms with Crippen molar-refractivity contribution < 1.29 is 14.3 Å². The minimum Gasteiger partial charge on any atom is -0.459 e. The summed E-state index contributed by atoms with van der Waals surface area (Å²) in [5, 5.41) is 0.940. The Morgan fingerprint density at radius 1 is 1.25 bits per heavy atom. The Bertz CT molecular complexity index is 718. The monoisotopic (exact) mass is 348 g/mol. The molecule has 0 atom stereocenters. The van der Waals surface area contributed by atoms with E-state index >= 15 is 0 Å². The van der Waals surface area contributed by atoms with Gasteiger partial charge in [-0.25, -0.2) is 4.79 Å². The fraction of sp³-hybridized carbons (Fsp3) is 0.556. The van der Waals surface area contributed by atoms with Gasteiger partial charge in [-0.05, 0) is 45.6 Å². The van der Waals surface area contributed by atoms with Crippen LogP contribution >= 0.6 is 11.8 Å². The molecule has 0 N–H and O–H groups in total. The summed E-state index contributed by atoms with van der Waals surface area (Å²) in [5.41, 5.74) is 3.83. The van der Waals surface area contributed by atoms with Gasteiger partial charge in [-0.15, -0.1) is 11.8 Å². The standard InChI is InChI=1S/C18H24N2O3S/c1-11(2)23-18(22)16-12(3)9-20-15(10-24-17(16)20)14-7-5-6-8-19(14)13(4)21/h9,11H,5-8,10H2,1-4H3. The van der Waals surface area contributed by atoms with Gasteiger partial charge in [-0.2, -0.15) is 0 Å². The van der Waals surface area contributed by atoms with E-state index in [2.05, 4.69) is 4.57 Å². The van der Waals surface area contributed by atoms with E-state index in [-0.39, 0.29) is 18.0 Å². The van der Waals surface area contributed by atoms with E-state index in [9.17, 15) is 9.59 Å². The molecule has 5 nitrogen and oxygen atoms in total. The third-order valence-electron chi connectivity index (χ3n) is 4.42. The molecule has 2 aliphatic heterocycles. The maximum atomic E-state index is 12.4. The minimum atomic E-state index is -0.262. The molecule has 0 aliphatic carbocycles. The quantitative estimate of drug-likeness (QED) is 0.765. The van der Waals surface area contributed by atoms with Crippen LogP contribution in [-0.4, -0.2) is 39.7 Å². The van der Waals surface area contributed by atoms with Gasteiger partial charge in [0.15, 0.2) is 0 Å². The first-order chi connectivity index (χ1) is 11.4. The van der Waals surface area contributed by atoms with Gasteiger partial charge < -0.3 is 14.2 Å². The molecule has 0 saturated carbocycles. The number of hydrogen-bond acceptors (Lipinski definition) is 4. The number of allylic oxidation sites excluding steroid dienone is 1. The highest BCUT2D eigenvalue weighted by molar-refractivity contribution is 8.00. The first-order valence-electron chi connectivity index (χ1n) is 8.46. The molecule has 3 rings (SSSR count). The molecule has 2 aliphatic rings. The van der Waals surface area contributed by atoms with Crippen molar-refractivity contribution in [3.63, 3.8) is 0 Å². The third kappa shape index (κ3) is 2.99. The predicted octanol–water partition coefficient (Wildman–Crippen LogP) is 3.67. The fourth-order valence-corrected chi connectivity index (χ4v) is 4.65. The highest BCUT2D eigenvalue weighted by Gasteiger charge is 2.31. The van der Waals surface area contributed by atoms with Gasteiger partial charge in [-0.3, -0.25) is 4.79 Å². The fourth-order valence-electron chi connectivity index (χ4n) is 3.38. The molecule has 1 aromatic rings. The molecule has 1 saturated heterocycles. The molecule has 0 radical (unpaired) electrons. The Hall–Kier alpha value is -1.69. The number of fused-ring (bicyclic) bond motifs is 1. The zero-order valence-corrected chi connectivity index (χ0v) is 15.5. The average Bonchev–Trinajstić information content (AvgIpc) is 3.03. The van der Waals surface area contributed by atoms with Gasteiger partial charge in [0.1, 0.15) is 0 Å². The number of piperidine rings is 1. The molecule has 3 heterocycles. The van der Waals surface area contributed by atoms with Crippen molar-refractivity contribution in [1.82, 2.24) is 9.47 Å². The van der Waals surface area contributed by atoms with Crippen molar-refractivity contribution >= 4 is 29.3 Å². The van der Waals surface area contributed by atoms with E-state index in [1.54, 1.807) is 18.7 Å². The number of hydrogen-bond donors (Lipinski definition) is 0. The summed E-state index contributed by atoms with van der Waals surface area (Å²) in [6, 6.07) is 0. The van der Waals surface area contributed by atoms with Crippen LogP contribution in [0.4, 0.5) is 0 Å². The Kier molecular flexibility index (Phi) is 4.76. The summed E-state index contributed by atoms with van der Waals surface area (Å²) in [6.45, 7) is 8.07. The molecular weight excluding hydrogens is 324 g/mol. The Morgan fingerprint density at radius 2 is 2.00 bits per heavy atom. The Morgan fingerprint density at radius 3 is 2.67 bits per heavy atom. The summed E-state index contributed by atoms with van der Waals surface area (Å²) >= 11 is 1.65. The second-order valence-corrected chi connectivity index (χ2v) is 7.59. The second kappa shape index (κ2) is 6.67. The molecule has 0 aromatic carbocycles. The lowest BCUT2D eigenvalue weighted by atomic mass is 10.1. The normalized spacial score (nSPS) is 20.5. The van der Waals surface area contributed by atoms with Gasteiger partial charge in [0.2, 0.25) is 5.91 Å². The number of rotatable bonds is 2. The largest absolute Gasteiger partial charge is 0.459 e. The van der Waals surface area contributed by atoms with Crippen LogP contribution in [0.15, 0.2) is 16.9 Å². The van der Waals surface area contributed by atoms with Crippen LogP contribution < -0.4 is 0 Å². The molecule has 130 valence electrons. The van der Waals surface area contributed by atoms with Gasteiger partial charge in [0.25, 0.3) is 0 Å². The van der Waals surface area contributed by atoms with Gasteiger partial charge in [0.05, 0.1) is 22.4 Å². The molecule has 0 unspecified atom stereocenters. The predicted molar refractivity (Wildman–Crippen MR) is 94.9 cm³/mol. The number of carbonyl (C=O) groups is 2. The van der Waals surface area contributed by atoms with E-state index in [0.29, 0.717) is 5.56 Å². The van der Waals surface area contributed by atoms with Crippen LogP contribution in [0.2, 0.25) is 0 Å². The van der Waals surface area contributed by atoms with Gasteiger partial charge in [0, 0.05) is 31.1 Å². The first-order valence-corrected chi connectivity index (χ1v) is 9.45. The molecule has 0 bridgehead atoms. The topological polar surface area (TPSA) is 51.5 Å². The lowest BCUT2D eigenvalue weighted by molar-refractivity contribution is -0.127. The summed E-state index contributed by atoms with van der Waals surface area (Å²) in [4.78, 5) is 26.3. The number of esters is 1. The van der Waals surface area contributed by atoms with Crippen molar-refractivity contribution in [2.45, 2.75) is 58.1 Å². The van der Waals surface area contributed by atoms with Crippen molar-refractivity contribution in [2.75, 3.05) is 12.3 Å². The summed E-state index contributed by atoms with van der Waals surface area (Å²) in [6.07, 6.45) is 4.93. The molecule has 24 heavy (non-hydrogen) atoms.